The van der Waals surface area contributed by atoms with Crippen LogP contribution in [0.25, 0.3) is 0 Å². The lowest BCUT2D eigenvalue weighted by molar-refractivity contribution is 0.128. The summed E-state index contributed by atoms with van der Waals surface area (Å²) in [5.41, 5.74) is 1.15. The van der Waals surface area contributed by atoms with Crippen molar-refractivity contribution in [3.63, 3.8) is 0 Å². The van der Waals surface area contributed by atoms with Crippen LogP contribution in [0.3, 0.4) is 0 Å². The van der Waals surface area contributed by atoms with Crippen molar-refractivity contribution in [3.05, 3.63) is 16.1 Å². The first-order chi connectivity index (χ1) is 11.0. The van der Waals surface area contributed by atoms with Crippen LogP contribution in [0.4, 0.5) is 0 Å². The SMILES string of the molecule is CN=C(NCCOCCC(C)C)NCCc1csc(C(C)C)n1. The monoisotopic (exact) mass is 340 g/mol. The van der Waals surface area contributed by atoms with Gasteiger partial charge >= 0.3 is 0 Å². The Morgan fingerprint density at radius 2 is 1.96 bits per heavy atom. The molecule has 1 heterocycles. The van der Waals surface area contributed by atoms with Gasteiger partial charge in [0.2, 0.25) is 0 Å². The Balaban J connectivity index is 2.14. The highest BCUT2D eigenvalue weighted by molar-refractivity contribution is 7.09. The predicted molar refractivity (Wildman–Crippen MR) is 99.5 cm³/mol. The first-order valence-electron chi connectivity index (χ1n) is 8.49. The Morgan fingerprint density at radius 3 is 2.57 bits per heavy atom. The van der Waals surface area contributed by atoms with Crippen LogP contribution in [-0.4, -0.2) is 44.3 Å². The third-order valence-electron chi connectivity index (χ3n) is 3.34. The van der Waals surface area contributed by atoms with Crippen molar-refractivity contribution in [2.24, 2.45) is 10.9 Å². The maximum absolute atomic E-state index is 5.58. The van der Waals surface area contributed by atoms with Gasteiger partial charge in [0.15, 0.2) is 5.96 Å². The number of ether oxygens (including phenoxy) is 1. The molecule has 5 nitrogen and oxygen atoms in total. The molecular weight excluding hydrogens is 308 g/mol. The van der Waals surface area contributed by atoms with Crippen LogP contribution in [0.5, 0.6) is 0 Å². The zero-order valence-electron chi connectivity index (χ0n) is 15.2. The van der Waals surface area contributed by atoms with Crippen LogP contribution in [0.2, 0.25) is 0 Å². The molecule has 1 aromatic rings. The molecule has 2 N–H and O–H groups in total. The molecule has 1 rings (SSSR count). The average Bonchev–Trinajstić information content (AvgIpc) is 2.97. The molecule has 0 aliphatic heterocycles. The van der Waals surface area contributed by atoms with E-state index in [1.165, 1.54) is 5.01 Å². The average molecular weight is 341 g/mol. The minimum Gasteiger partial charge on any atom is -0.380 e. The summed E-state index contributed by atoms with van der Waals surface area (Å²) in [6.45, 7) is 11.9. The van der Waals surface area contributed by atoms with Crippen LogP contribution >= 0.6 is 11.3 Å². The van der Waals surface area contributed by atoms with Gasteiger partial charge in [-0.1, -0.05) is 27.7 Å². The highest BCUT2D eigenvalue weighted by atomic mass is 32.1. The van der Waals surface area contributed by atoms with E-state index in [-0.39, 0.29) is 0 Å². The number of guanidine groups is 1. The van der Waals surface area contributed by atoms with E-state index in [1.807, 2.05) is 0 Å². The van der Waals surface area contributed by atoms with E-state index in [1.54, 1.807) is 18.4 Å². The number of thiazole rings is 1. The van der Waals surface area contributed by atoms with Gasteiger partial charge in [-0.15, -0.1) is 11.3 Å². The van der Waals surface area contributed by atoms with Gasteiger partial charge in [0.05, 0.1) is 17.3 Å². The van der Waals surface area contributed by atoms with Crippen LogP contribution in [0.1, 0.15) is 50.7 Å². The standard InChI is InChI=1S/C17H32N4OS/c1-13(2)7-10-22-11-9-20-17(18-5)19-8-6-15-12-23-16(21-15)14(3)4/h12-14H,6-11H2,1-5H3,(H2,18,19,20). The summed E-state index contributed by atoms with van der Waals surface area (Å²) in [5.74, 6) is 2.02. The molecule has 0 unspecified atom stereocenters. The molecule has 0 radical (unpaired) electrons. The van der Waals surface area contributed by atoms with E-state index < -0.39 is 0 Å². The molecule has 0 bridgehead atoms. The third kappa shape index (κ3) is 8.91. The number of hydrogen-bond donors (Lipinski definition) is 2. The third-order valence-corrected chi connectivity index (χ3v) is 4.53. The summed E-state index contributed by atoms with van der Waals surface area (Å²) in [6.07, 6.45) is 2.02. The molecule has 6 heteroatoms. The Kier molecular flexibility index (Phi) is 9.87. The van der Waals surface area contributed by atoms with Crippen molar-refractivity contribution < 1.29 is 4.74 Å². The topological polar surface area (TPSA) is 58.5 Å². The Labute approximate surface area is 145 Å². The summed E-state index contributed by atoms with van der Waals surface area (Å²) in [4.78, 5) is 8.86. The quantitative estimate of drug-likeness (QED) is 0.390. The molecular formula is C17H32N4OS. The smallest absolute Gasteiger partial charge is 0.191 e. The number of aliphatic imine (C=N–C) groups is 1. The number of nitrogens with one attached hydrogen (secondary N) is 2. The number of hydrogen-bond acceptors (Lipinski definition) is 4. The van der Waals surface area contributed by atoms with Gasteiger partial charge in [-0.05, 0) is 12.3 Å². The normalized spacial score (nSPS) is 12.2. The molecule has 132 valence electrons. The fourth-order valence-electron chi connectivity index (χ4n) is 1.89. The van der Waals surface area contributed by atoms with Crippen LogP contribution in [0.15, 0.2) is 10.4 Å². The second kappa shape index (κ2) is 11.4. The fourth-order valence-corrected chi connectivity index (χ4v) is 2.76. The number of nitrogens with zero attached hydrogens (tertiary/aromatic N) is 2. The minimum atomic E-state index is 0.506. The Hall–Kier alpha value is -1.14. The lowest BCUT2D eigenvalue weighted by atomic mass is 10.1. The van der Waals surface area contributed by atoms with Crippen molar-refractivity contribution in [2.75, 3.05) is 33.4 Å². The van der Waals surface area contributed by atoms with Gasteiger partial charge in [0.1, 0.15) is 0 Å². The number of rotatable bonds is 10. The largest absolute Gasteiger partial charge is 0.380 e. The van der Waals surface area contributed by atoms with E-state index in [9.17, 15) is 0 Å². The zero-order valence-corrected chi connectivity index (χ0v) is 16.0. The van der Waals surface area contributed by atoms with Crippen LogP contribution in [-0.2, 0) is 11.2 Å². The van der Waals surface area contributed by atoms with E-state index in [0.29, 0.717) is 18.4 Å². The molecule has 23 heavy (non-hydrogen) atoms. The molecule has 0 atom stereocenters. The van der Waals surface area contributed by atoms with Gasteiger partial charge in [-0.2, -0.15) is 0 Å². The summed E-state index contributed by atoms with van der Waals surface area (Å²) in [5, 5.41) is 9.93. The van der Waals surface area contributed by atoms with E-state index in [0.717, 1.165) is 44.2 Å². The van der Waals surface area contributed by atoms with Crippen LogP contribution < -0.4 is 10.6 Å². The highest BCUT2D eigenvalue weighted by Crippen LogP contribution is 2.19. The van der Waals surface area contributed by atoms with Crippen molar-refractivity contribution >= 4 is 17.3 Å². The van der Waals surface area contributed by atoms with Gasteiger partial charge in [-0.3, -0.25) is 4.99 Å². The molecule has 0 aliphatic carbocycles. The molecule has 1 aromatic heterocycles. The van der Waals surface area contributed by atoms with Gasteiger partial charge in [-0.25, -0.2) is 4.98 Å². The summed E-state index contributed by atoms with van der Waals surface area (Å²) >= 11 is 1.74. The molecule has 0 fully saturated rings. The maximum atomic E-state index is 5.58. The lowest BCUT2D eigenvalue weighted by Crippen LogP contribution is -2.39. The molecule has 0 saturated heterocycles. The minimum absolute atomic E-state index is 0.506. The van der Waals surface area contributed by atoms with Crippen molar-refractivity contribution in [1.82, 2.24) is 15.6 Å². The molecule has 0 amide bonds. The zero-order chi connectivity index (χ0) is 17.1. The predicted octanol–water partition coefficient (Wildman–Crippen LogP) is 3.04. The fraction of sp³-hybridized carbons (Fsp3) is 0.765. The van der Waals surface area contributed by atoms with E-state index in [4.69, 9.17) is 4.74 Å². The van der Waals surface area contributed by atoms with E-state index in [2.05, 4.69) is 53.7 Å². The van der Waals surface area contributed by atoms with Crippen molar-refractivity contribution in [2.45, 2.75) is 46.5 Å². The second-order valence-electron chi connectivity index (χ2n) is 6.30. The van der Waals surface area contributed by atoms with Gasteiger partial charge in [0, 0.05) is 44.5 Å². The lowest BCUT2D eigenvalue weighted by Gasteiger charge is -2.12. The Morgan fingerprint density at radius 1 is 1.22 bits per heavy atom. The highest BCUT2D eigenvalue weighted by Gasteiger charge is 2.05. The molecule has 0 aliphatic rings. The second-order valence-corrected chi connectivity index (χ2v) is 7.19. The van der Waals surface area contributed by atoms with Gasteiger partial charge in [0.25, 0.3) is 0 Å². The van der Waals surface area contributed by atoms with Crippen molar-refractivity contribution in [3.8, 4) is 0 Å². The molecule has 0 saturated carbocycles. The van der Waals surface area contributed by atoms with Gasteiger partial charge < -0.3 is 15.4 Å². The Bertz CT molecular complexity index is 457. The summed E-state index contributed by atoms with van der Waals surface area (Å²) in [7, 11) is 1.79. The van der Waals surface area contributed by atoms with E-state index >= 15 is 0 Å². The first-order valence-corrected chi connectivity index (χ1v) is 9.37. The number of aromatic nitrogens is 1. The molecule has 0 aromatic carbocycles. The van der Waals surface area contributed by atoms with Crippen molar-refractivity contribution in [1.29, 1.82) is 0 Å². The van der Waals surface area contributed by atoms with Crippen LogP contribution in [0, 0.1) is 5.92 Å². The molecule has 0 spiro atoms. The summed E-state index contributed by atoms with van der Waals surface area (Å²) < 4.78 is 5.58. The first kappa shape index (κ1) is 19.9. The summed E-state index contributed by atoms with van der Waals surface area (Å²) in [6, 6.07) is 0. The maximum Gasteiger partial charge on any atom is 0.191 e.